The van der Waals surface area contributed by atoms with Crippen LogP contribution < -0.4 is 5.32 Å². The molecule has 1 fully saturated rings. The van der Waals surface area contributed by atoms with Crippen LogP contribution in [0.1, 0.15) is 28.8 Å². The van der Waals surface area contributed by atoms with Gasteiger partial charge in [-0.2, -0.15) is 0 Å². The number of carbonyl (C=O) groups is 2. The van der Waals surface area contributed by atoms with Gasteiger partial charge in [0.15, 0.2) is 0 Å². The Morgan fingerprint density at radius 1 is 1.21 bits per heavy atom. The van der Waals surface area contributed by atoms with Crippen LogP contribution in [-0.4, -0.2) is 19.0 Å². The quantitative estimate of drug-likeness (QED) is 0.852. The summed E-state index contributed by atoms with van der Waals surface area (Å²) >= 11 is 6.10. The molecule has 124 valence electrons. The minimum Gasteiger partial charge on any atom is -0.465 e. The van der Waals surface area contributed by atoms with E-state index in [4.69, 9.17) is 11.6 Å². The highest BCUT2D eigenvalue weighted by Gasteiger charge is 2.52. The number of amides is 1. The van der Waals surface area contributed by atoms with Crippen LogP contribution in [0, 0.1) is 5.82 Å². The van der Waals surface area contributed by atoms with E-state index in [1.54, 1.807) is 18.2 Å². The van der Waals surface area contributed by atoms with Crippen LogP contribution in [0.25, 0.3) is 0 Å². The van der Waals surface area contributed by atoms with Crippen molar-refractivity contribution < 1.29 is 18.7 Å². The normalized spacial score (nSPS) is 14.8. The van der Waals surface area contributed by atoms with Crippen molar-refractivity contribution in [1.29, 1.82) is 0 Å². The molecule has 0 bridgehead atoms. The van der Waals surface area contributed by atoms with E-state index in [1.165, 1.54) is 31.4 Å². The summed E-state index contributed by atoms with van der Waals surface area (Å²) in [6.07, 6.45) is 1.13. The lowest BCUT2D eigenvalue weighted by Crippen LogP contribution is -2.29. The van der Waals surface area contributed by atoms with E-state index in [0.717, 1.165) is 0 Å². The van der Waals surface area contributed by atoms with Gasteiger partial charge in [-0.05, 0) is 37.1 Å². The van der Waals surface area contributed by atoms with Crippen molar-refractivity contribution in [3.8, 4) is 0 Å². The van der Waals surface area contributed by atoms with Gasteiger partial charge in [-0.1, -0.05) is 29.8 Å². The molecule has 3 rings (SSSR count). The molecule has 0 radical (unpaired) electrons. The lowest BCUT2D eigenvalue weighted by atomic mass is 9.94. The number of esters is 1. The van der Waals surface area contributed by atoms with Gasteiger partial charge in [-0.25, -0.2) is 9.18 Å². The fraction of sp³-hybridized carbons (Fsp3) is 0.222. The van der Waals surface area contributed by atoms with Crippen LogP contribution in [0.3, 0.4) is 0 Å². The Morgan fingerprint density at radius 3 is 2.54 bits per heavy atom. The van der Waals surface area contributed by atoms with E-state index in [-0.39, 0.29) is 11.5 Å². The van der Waals surface area contributed by atoms with Crippen molar-refractivity contribution in [2.24, 2.45) is 0 Å². The Morgan fingerprint density at radius 2 is 1.92 bits per heavy atom. The molecule has 1 amide bonds. The van der Waals surface area contributed by atoms with E-state index in [1.807, 2.05) is 0 Å². The lowest BCUT2D eigenvalue weighted by molar-refractivity contribution is -0.118. The second-order valence-corrected chi connectivity index (χ2v) is 6.11. The molecule has 0 unspecified atom stereocenters. The molecule has 1 saturated carbocycles. The summed E-state index contributed by atoms with van der Waals surface area (Å²) in [5, 5.41) is 3.00. The van der Waals surface area contributed by atoms with E-state index in [0.29, 0.717) is 29.1 Å². The number of carbonyl (C=O) groups excluding carboxylic acids is 2. The molecular formula is C18H15ClFNO3. The van der Waals surface area contributed by atoms with Crippen molar-refractivity contribution in [3.63, 3.8) is 0 Å². The molecule has 0 spiro atoms. The first kappa shape index (κ1) is 16.5. The average molecular weight is 348 g/mol. The summed E-state index contributed by atoms with van der Waals surface area (Å²) < 4.78 is 18.7. The van der Waals surface area contributed by atoms with Gasteiger partial charge < -0.3 is 10.1 Å². The van der Waals surface area contributed by atoms with Gasteiger partial charge in [0, 0.05) is 5.56 Å². The van der Waals surface area contributed by atoms with Gasteiger partial charge in [-0.3, -0.25) is 4.79 Å². The number of rotatable bonds is 4. The number of methoxy groups -OCH3 is 1. The third kappa shape index (κ3) is 2.87. The van der Waals surface area contributed by atoms with Crippen molar-refractivity contribution in [2.45, 2.75) is 18.3 Å². The summed E-state index contributed by atoms with van der Waals surface area (Å²) in [4.78, 5) is 24.3. The second-order valence-electron chi connectivity index (χ2n) is 5.70. The number of ether oxygens (including phenoxy) is 1. The van der Waals surface area contributed by atoms with Crippen LogP contribution in [0.15, 0.2) is 42.5 Å². The largest absolute Gasteiger partial charge is 0.465 e. The van der Waals surface area contributed by atoms with Crippen molar-refractivity contribution >= 4 is 29.2 Å². The highest BCUT2D eigenvalue weighted by Crippen LogP contribution is 2.50. The Kier molecular flexibility index (Phi) is 4.28. The van der Waals surface area contributed by atoms with E-state index < -0.39 is 17.2 Å². The molecule has 24 heavy (non-hydrogen) atoms. The highest BCUT2D eigenvalue weighted by atomic mass is 35.5. The summed E-state index contributed by atoms with van der Waals surface area (Å²) in [6, 6.07) is 10.7. The van der Waals surface area contributed by atoms with Gasteiger partial charge in [-0.15, -0.1) is 0 Å². The molecule has 0 saturated heterocycles. The maximum Gasteiger partial charge on any atom is 0.337 e. The van der Waals surface area contributed by atoms with E-state index in [2.05, 4.69) is 10.1 Å². The zero-order valence-corrected chi connectivity index (χ0v) is 13.7. The molecule has 2 aromatic carbocycles. The number of hydrogen-bond acceptors (Lipinski definition) is 3. The zero-order chi connectivity index (χ0) is 17.3. The van der Waals surface area contributed by atoms with Crippen LogP contribution in [0.5, 0.6) is 0 Å². The first-order chi connectivity index (χ1) is 11.5. The number of anilines is 1. The molecule has 1 aliphatic carbocycles. The molecule has 2 aromatic rings. The van der Waals surface area contributed by atoms with Gasteiger partial charge in [0.25, 0.3) is 0 Å². The minimum absolute atomic E-state index is 0.271. The Balaban J connectivity index is 1.88. The summed E-state index contributed by atoms with van der Waals surface area (Å²) in [5.41, 5.74) is 0.0681. The molecular weight excluding hydrogens is 333 g/mol. The molecule has 0 aromatic heterocycles. The Bertz CT molecular complexity index is 818. The van der Waals surface area contributed by atoms with Gasteiger partial charge in [0.2, 0.25) is 5.91 Å². The van der Waals surface area contributed by atoms with Crippen LogP contribution in [0.4, 0.5) is 10.1 Å². The SMILES string of the molecule is COC(=O)c1ccc(Cl)c(NC(=O)C2(c3ccccc3F)CC2)c1. The minimum atomic E-state index is -0.879. The van der Waals surface area contributed by atoms with Gasteiger partial charge in [0.1, 0.15) is 5.82 Å². The predicted octanol–water partition coefficient (Wildman–Crippen LogP) is 3.94. The average Bonchev–Trinajstić information content (AvgIpc) is 3.38. The van der Waals surface area contributed by atoms with Crippen LogP contribution in [-0.2, 0) is 14.9 Å². The monoisotopic (exact) mass is 347 g/mol. The Labute approximate surface area is 143 Å². The molecule has 0 heterocycles. The van der Waals surface area contributed by atoms with Crippen LogP contribution >= 0.6 is 11.6 Å². The first-order valence-electron chi connectivity index (χ1n) is 7.42. The molecule has 1 aliphatic rings. The number of hydrogen-bond donors (Lipinski definition) is 1. The summed E-state index contributed by atoms with van der Waals surface area (Å²) in [7, 11) is 1.27. The van der Waals surface area contributed by atoms with Crippen molar-refractivity contribution in [1.82, 2.24) is 0 Å². The fourth-order valence-corrected chi connectivity index (χ4v) is 2.87. The standard InChI is InChI=1S/C18H15ClFNO3/c1-24-16(22)11-6-7-13(19)15(10-11)21-17(23)18(8-9-18)12-4-2-3-5-14(12)20/h2-7,10H,8-9H2,1H3,(H,21,23). The molecule has 0 aliphatic heterocycles. The predicted molar refractivity (Wildman–Crippen MR) is 88.7 cm³/mol. The summed E-state index contributed by atoms with van der Waals surface area (Å²) in [5.74, 6) is -1.27. The van der Waals surface area contributed by atoms with Gasteiger partial charge >= 0.3 is 5.97 Å². The van der Waals surface area contributed by atoms with E-state index in [9.17, 15) is 14.0 Å². The van der Waals surface area contributed by atoms with Gasteiger partial charge in [0.05, 0.1) is 28.8 Å². The highest BCUT2D eigenvalue weighted by molar-refractivity contribution is 6.34. The van der Waals surface area contributed by atoms with E-state index >= 15 is 0 Å². The fourth-order valence-electron chi connectivity index (χ4n) is 2.70. The molecule has 6 heteroatoms. The number of halogens is 2. The maximum absolute atomic E-state index is 14.1. The molecule has 1 N–H and O–H groups in total. The summed E-state index contributed by atoms with van der Waals surface area (Å²) in [6.45, 7) is 0. The van der Waals surface area contributed by atoms with Crippen molar-refractivity contribution in [2.75, 3.05) is 12.4 Å². The molecule has 0 atom stereocenters. The third-order valence-corrected chi connectivity index (χ3v) is 4.54. The number of nitrogens with one attached hydrogen (secondary N) is 1. The third-order valence-electron chi connectivity index (χ3n) is 4.21. The molecule has 4 nitrogen and oxygen atoms in total. The zero-order valence-electron chi connectivity index (χ0n) is 12.9. The second kappa shape index (κ2) is 6.24. The lowest BCUT2D eigenvalue weighted by Gasteiger charge is -2.17. The first-order valence-corrected chi connectivity index (χ1v) is 7.80. The number of benzene rings is 2. The smallest absolute Gasteiger partial charge is 0.337 e. The maximum atomic E-state index is 14.1. The van der Waals surface area contributed by atoms with Crippen molar-refractivity contribution in [3.05, 3.63) is 64.4 Å². The Hall–Kier alpha value is -2.40. The van der Waals surface area contributed by atoms with Crippen LogP contribution in [0.2, 0.25) is 5.02 Å². The topological polar surface area (TPSA) is 55.4 Å².